The summed E-state index contributed by atoms with van der Waals surface area (Å²) in [7, 11) is 3.74. The molecule has 1 aliphatic heterocycles. The van der Waals surface area contributed by atoms with Gasteiger partial charge in [-0.15, -0.1) is 0 Å². The fourth-order valence-electron chi connectivity index (χ4n) is 3.28. The van der Waals surface area contributed by atoms with E-state index in [1.165, 1.54) is 29.2 Å². The molecule has 0 aromatic heterocycles. The zero-order valence-electron chi connectivity index (χ0n) is 16.1. The van der Waals surface area contributed by atoms with Gasteiger partial charge in [-0.1, -0.05) is 42.0 Å². The van der Waals surface area contributed by atoms with Gasteiger partial charge in [0.25, 0.3) is 11.7 Å². The van der Waals surface area contributed by atoms with Crippen LogP contribution in [-0.4, -0.2) is 53.8 Å². The number of carbonyl (C=O) groups excluding carboxylic acids is 2. The highest BCUT2D eigenvalue weighted by Gasteiger charge is 2.45. The number of rotatable bonds is 5. The minimum Gasteiger partial charge on any atom is -0.507 e. The average molecular weight is 382 g/mol. The van der Waals surface area contributed by atoms with E-state index in [0.717, 1.165) is 5.56 Å². The van der Waals surface area contributed by atoms with Crippen molar-refractivity contribution in [2.45, 2.75) is 13.0 Å². The van der Waals surface area contributed by atoms with Gasteiger partial charge in [0.2, 0.25) is 0 Å². The Labute approximate surface area is 163 Å². The normalized spacial score (nSPS) is 18.9. The van der Waals surface area contributed by atoms with E-state index < -0.39 is 23.5 Å². The molecule has 28 heavy (non-hydrogen) atoms. The second kappa shape index (κ2) is 7.94. The summed E-state index contributed by atoms with van der Waals surface area (Å²) < 4.78 is 13.4. The number of aryl methyl sites for hydroxylation is 1. The monoisotopic (exact) mass is 382 g/mol. The predicted molar refractivity (Wildman–Crippen MR) is 105 cm³/mol. The largest absolute Gasteiger partial charge is 0.507 e. The molecule has 0 spiro atoms. The number of halogens is 1. The molecule has 0 aliphatic carbocycles. The van der Waals surface area contributed by atoms with Crippen molar-refractivity contribution in [3.05, 3.63) is 76.6 Å². The summed E-state index contributed by atoms with van der Waals surface area (Å²) in [5.74, 6) is -2.02. The van der Waals surface area contributed by atoms with Crippen LogP contribution >= 0.6 is 0 Å². The predicted octanol–water partition coefficient (Wildman–Crippen LogP) is 3.12. The van der Waals surface area contributed by atoms with Crippen LogP contribution in [0.15, 0.2) is 54.1 Å². The molecule has 0 saturated carbocycles. The second-order valence-corrected chi connectivity index (χ2v) is 7.21. The highest BCUT2D eigenvalue weighted by Crippen LogP contribution is 2.39. The van der Waals surface area contributed by atoms with Crippen molar-refractivity contribution in [1.29, 1.82) is 0 Å². The standard InChI is InChI=1S/C22H23FN2O3/c1-14-4-6-16(7-5-14)20(26)18-19(15-8-10-17(23)11-9-15)25(13-12-24(2)3)22(28)21(18)27/h4-11,19,26H,12-13H2,1-3H3/t19-/m1/s1. The van der Waals surface area contributed by atoms with Crippen LogP contribution in [0.5, 0.6) is 0 Å². The maximum Gasteiger partial charge on any atom is 0.295 e. The Morgan fingerprint density at radius 3 is 2.25 bits per heavy atom. The van der Waals surface area contributed by atoms with Gasteiger partial charge in [-0.3, -0.25) is 9.59 Å². The van der Waals surface area contributed by atoms with Crippen LogP contribution < -0.4 is 0 Å². The number of likely N-dealkylation sites (N-methyl/N-ethyl adjacent to an activating group) is 1. The van der Waals surface area contributed by atoms with Crippen molar-refractivity contribution < 1.29 is 19.1 Å². The van der Waals surface area contributed by atoms with Gasteiger partial charge in [0.05, 0.1) is 11.6 Å². The summed E-state index contributed by atoms with van der Waals surface area (Å²) in [6, 6.07) is 11.9. The van der Waals surface area contributed by atoms with Crippen LogP contribution in [0.3, 0.4) is 0 Å². The molecule has 1 amide bonds. The first-order chi connectivity index (χ1) is 13.3. The van der Waals surface area contributed by atoms with Crippen LogP contribution in [0.25, 0.3) is 5.76 Å². The molecule has 0 radical (unpaired) electrons. The number of aliphatic hydroxyl groups is 1. The number of amides is 1. The van der Waals surface area contributed by atoms with Crippen molar-refractivity contribution in [3.8, 4) is 0 Å². The van der Waals surface area contributed by atoms with E-state index in [4.69, 9.17) is 0 Å². The van der Waals surface area contributed by atoms with E-state index in [-0.39, 0.29) is 11.3 Å². The number of benzene rings is 2. The van der Waals surface area contributed by atoms with Crippen LogP contribution in [0, 0.1) is 12.7 Å². The van der Waals surface area contributed by atoms with Crippen molar-refractivity contribution in [3.63, 3.8) is 0 Å². The van der Waals surface area contributed by atoms with Crippen LogP contribution in [0.4, 0.5) is 4.39 Å². The van der Waals surface area contributed by atoms with Crippen molar-refractivity contribution in [2.75, 3.05) is 27.2 Å². The first-order valence-electron chi connectivity index (χ1n) is 9.05. The molecule has 0 bridgehead atoms. The van der Waals surface area contributed by atoms with Gasteiger partial charge in [0, 0.05) is 18.7 Å². The molecule has 3 rings (SSSR count). The second-order valence-electron chi connectivity index (χ2n) is 7.21. The molecule has 1 heterocycles. The number of ketones is 1. The average Bonchev–Trinajstić information content (AvgIpc) is 2.91. The number of carbonyl (C=O) groups is 2. The van der Waals surface area contributed by atoms with Crippen LogP contribution in [-0.2, 0) is 9.59 Å². The molecule has 5 nitrogen and oxygen atoms in total. The van der Waals surface area contributed by atoms with E-state index in [0.29, 0.717) is 24.2 Å². The SMILES string of the molecule is Cc1ccc(C(O)=C2C(=O)C(=O)N(CCN(C)C)[C@@H]2c2ccc(F)cc2)cc1. The smallest absolute Gasteiger partial charge is 0.295 e. The summed E-state index contributed by atoms with van der Waals surface area (Å²) in [5, 5.41) is 10.9. The van der Waals surface area contributed by atoms with Crippen LogP contribution in [0.2, 0.25) is 0 Å². The Hall–Kier alpha value is -2.99. The van der Waals surface area contributed by atoms with Crippen molar-refractivity contribution in [1.82, 2.24) is 9.80 Å². The van der Waals surface area contributed by atoms with Gasteiger partial charge in [-0.2, -0.15) is 0 Å². The molecule has 1 fully saturated rings. The molecular weight excluding hydrogens is 359 g/mol. The zero-order chi connectivity index (χ0) is 20.4. The summed E-state index contributed by atoms with van der Waals surface area (Å²) in [6.45, 7) is 2.78. The van der Waals surface area contributed by atoms with E-state index >= 15 is 0 Å². The Morgan fingerprint density at radius 2 is 1.68 bits per heavy atom. The van der Waals surface area contributed by atoms with Gasteiger partial charge < -0.3 is 14.9 Å². The summed E-state index contributed by atoms with van der Waals surface area (Å²) in [5.41, 5.74) is 2.08. The van der Waals surface area contributed by atoms with E-state index in [1.807, 2.05) is 38.1 Å². The molecule has 146 valence electrons. The Bertz CT molecular complexity index is 918. The number of aliphatic hydroxyl groups excluding tert-OH is 1. The lowest BCUT2D eigenvalue weighted by molar-refractivity contribution is -0.140. The number of hydrogen-bond donors (Lipinski definition) is 1. The summed E-state index contributed by atoms with van der Waals surface area (Å²) in [6.07, 6.45) is 0. The molecule has 6 heteroatoms. The maximum atomic E-state index is 13.4. The van der Waals surface area contributed by atoms with Gasteiger partial charge >= 0.3 is 0 Å². The molecular formula is C22H23FN2O3. The highest BCUT2D eigenvalue weighted by molar-refractivity contribution is 6.46. The first-order valence-corrected chi connectivity index (χ1v) is 9.05. The molecule has 1 aliphatic rings. The molecule has 1 saturated heterocycles. The Balaban J connectivity index is 2.13. The highest BCUT2D eigenvalue weighted by atomic mass is 19.1. The number of nitrogens with zero attached hydrogens (tertiary/aromatic N) is 2. The van der Waals surface area contributed by atoms with Gasteiger partial charge in [-0.05, 0) is 38.7 Å². The van der Waals surface area contributed by atoms with Gasteiger partial charge in [0.15, 0.2) is 0 Å². The lowest BCUT2D eigenvalue weighted by Gasteiger charge is -2.26. The van der Waals surface area contributed by atoms with Gasteiger partial charge in [-0.25, -0.2) is 4.39 Å². The van der Waals surface area contributed by atoms with Crippen molar-refractivity contribution in [2.24, 2.45) is 0 Å². The molecule has 0 unspecified atom stereocenters. The van der Waals surface area contributed by atoms with E-state index in [9.17, 15) is 19.1 Å². The summed E-state index contributed by atoms with van der Waals surface area (Å²) in [4.78, 5) is 28.8. The molecule has 1 N–H and O–H groups in total. The number of hydrogen-bond acceptors (Lipinski definition) is 4. The topological polar surface area (TPSA) is 60.9 Å². The minimum absolute atomic E-state index is 0.0271. The fourth-order valence-corrected chi connectivity index (χ4v) is 3.28. The van der Waals surface area contributed by atoms with E-state index in [1.54, 1.807) is 12.1 Å². The lowest BCUT2D eigenvalue weighted by Crippen LogP contribution is -2.35. The fraction of sp³-hybridized carbons (Fsp3) is 0.273. The molecule has 2 aromatic rings. The molecule has 2 aromatic carbocycles. The third kappa shape index (κ3) is 3.82. The zero-order valence-corrected chi connectivity index (χ0v) is 16.1. The van der Waals surface area contributed by atoms with E-state index in [2.05, 4.69) is 0 Å². The van der Waals surface area contributed by atoms with Crippen molar-refractivity contribution >= 4 is 17.4 Å². The number of likely N-dealkylation sites (tertiary alicyclic amines) is 1. The number of Topliss-reactive ketones (excluding diaryl/α,β-unsaturated/α-hetero) is 1. The lowest BCUT2D eigenvalue weighted by atomic mass is 9.95. The third-order valence-electron chi connectivity index (χ3n) is 4.84. The first kappa shape index (κ1) is 19.8. The Kier molecular flexibility index (Phi) is 5.61. The maximum absolute atomic E-state index is 13.4. The minimum atomic E-state index is -0.762. The quantitative estimate of drug-likeness (QED) is 0.490. The van der Waals surface area contributed by atoms with Crippen LogP contribution in [0.1, 0.15) is 22.7 Å². The Morgan fingerprint density at radius 1 is 1.07 bits per heavy atom. The summed E-state index contributed by atoms with van der Waals surface area (Å²) >= 11 is 0. The molecule has 1 atom stereocenters. The van der Waals surface area contributed by atoms with Gasteiger partial charge in [0.1, 0.15) is 11.6 Å². The third-order valence-corrected chi connectivity index (χ3v) is 4.84.